The first kappa shape index (κ1) is 28.5. The van der Waals surface area contributed by atoms with Crippen molar-refractivity contribution in [3.05, 3.63) is 90.1 Å². The summed E-state index contributed by atoms with van der Waals surface area (Å²) in [5, 5.41) is 4.87. The Bertz CT molecular complexity index is 1210. The molecule has 37 heavy (non-hydrogen) atoms. The number of rotatable bonds is 9. The maximum absolute atomic E-state index is 6.44. The second-order valence-corrected chi connectivity index (χ2v) is 9.92. The van der Waals surface area contributed by atoms with Crippen LogP contribution in [0.5, 0.6) is 0 Å². The summed E-state index contributed by atoms with van der Waals surface area (Å²) >= 11 is 6.44. The summed E-state index contributed by atoms with van der Waals surface area (Å²) in [5.74, 6) is 0. The number of hydrogen-bond acceptors (Lipinski definition) is 4. The lowest BCUT2D eigenvalue weighted by Gasteiger charge is -2.35. The molecule has 3 aromatic rings. The first-order valence-corrected chi connectivity index (χ1v) is 13.6. The van der Waals surface area contributed by atoms with Crippen LogP contribution in [0, 0.1) is 0 Å². The zero-order valence-electron chi connectivity index (χ0n) is 22.7. The van der Waals surface area contributed by atoms with E-state index in [2.05, 4.69) is 55.7 Å². The molecule has 1 aromatic heterocycles. The van der Waals surface area contributed by atoms with Gasteiger partial charge in [0.15, 0.2) is 0 Å². The van der Waals surface area contributed by atoms with E-state index in [1.54, 1.807) is 0 Å². The standard InChI is InChI=1S/C21H19ClN2.C11H22N2/c1-4-15-6-11-18-19(22)13-20(24-21(18)12-15)17-9-7-16(8-10-17)14(3)23-5-2;1-4-5-6-11(2)13-9-7-12(3)8-10-13/h4,6-13,23H,1,3,5H2,2H3;2,4-10H2,1,3H3. The van der Waals surface area contributed by atoms with E-state index in [1.807, 2.05) is 54.6 Å². The molecule has 1 fully saturated rings. The van der Waals surface area contributed by atoms with Gasteiger partial charge in [-0.15, -0.1) is 0 Å². The largest absolute Gasteiger partial charge is 0.385 e. The zero-order chi connectivity index (χ0) is 26.8. The molecule has 0 radical (unpaired) electrons. The SMILES string of the molecule is C=C(CCCC)N1CCN(C)CC1.C=Cc1ccc2c(Cl)cc(-c3ccc(C(=C)NCC)cc3)nc2c1. The predicted molar refractivity (Wildman–Crippen MR) is 163 cm³/mol. The van der Waals surface area contributed by atoms with Crippen LogP contribution in [-0.4, -0.2) is 54.6 Å². The summed E-state index contributed by atoms with van der Waals surface area (Å²) in [4.78, 5) is 9.57. The number of likely N-dealkylation sites (N-methyl/N-ethyl adjacent to an activating group) is 1. The summed E-state index contributed by atoms with van der Waals surface area (Å²) in [6.45, 7) is 21.8. The van der Waals surface area contributed by atoms with E-state index in [9.17, 15) is 0 Å². The van der Waals surface area contributed by atoms with Crippen molar-refractivity contribution in [2.24, 2.45) is 0 Å². The zero-order valence-corrected chi connectivity index (χ0v) is 23.4. The third-order valence-corrected chi connectivity index (χ3v) is 7.02. The maximum Gasteiger partial charge on any atom is 0.0730 e. The van der Waals surface area contributed by atoms with Gasteiger partial charge in [0.1, 0.15) is 0 Å². The van der Waals surface area contributed by atoms with Gasteiger partial charge in [-0.3, -0.25) is 0 Å². The highest BCUT2D eigenvalue weighted by atomic mass is 35.5. The molecule has 1 aliphatic heterocycles. The molecule has 0 aliphatic carbocycles. The van der Waals surface area contributed by atoms with Gasteiger partial charge in [0.05, 0.1) is 16.2 Å². The number of aromatic nitrogens is 1. The van der Waals surface area contributed by atoms with Crippen LogP contribution >= 0.6 is 11.6 Å². The fourth-order valence-electron chi connectivity index (χ4n) is 4.30. The molecular formula is C32H41ClN4. The number of piperazine rings is 1. The van der Waals surface area contributed by atoms with Crippen molar-refractivity contribution in [1.29, 1.82) is 0 Å². The molecule has 196 valence electrons. The lowest BCUT2D eigenvalue weighted by atomic mass is 10.1. The third kappa shape index (κ3) is 7.95. The second-order valence-electron chi connectivity index (χ2n) is 9.52. The fraction of sp³-hybridized carbons (Fsp3) is 0.344. The Balaban J connectivity index is 0.000000248. The van der Waals surface area contributed by atoms with Gasteiger partial charge in [0, 0.05) is 55.1 Å². The van der Waals surface area contributed by atoms with Gasteiger partial charge in [0.25, 0.3) is 0 Å². The molecule has 0 spiro atoms. The molecule has 1 aliphatic rings. The molecule has 4 rings (SSSR count). The average molecular weight is 517 g/mol. The number of unbranched alkanes of at least 4 members (excludes halogenated alkanes) is 1. The minimum Gasteiger partial charge on any atom is -0.385 e. The Hall–Kier alpha value is -3.08. The van der Waals surface area contributed by atoms with Crippen LogP contribution in [0.1, 0.15) is 44.2 Å². The van der Waals surface area contributed by atoms with E-state index in [0.717, 1.165) is 45.5 Å². The van der Waals surface area contributed by atoms with Crippen LogP contribution < -0.4 is 5.32 Å². The molecule has 0 unspecified atom stereocenters. The van der Waals surface area contributed by atoms with Gasteiger partial charge >= 0.3 is 0 Å². The van der Waals surface area contributed by atoms with E-state index in [4.69, 9.17) is 16.6 Å². The Morgan fingerprint density at radius 2 is 1.73 bits per heavy atom. The van der Waals surface area contributed by atoms with Crippen LogP contribution in [0.2, 0.25) is 5.02 Å². The highest BCUT2D eigenvalue weighted by molar-refractivity contribution is 6.35. The lowest BCUT2D eigenvalue weighted by molar-refractivity contribution is 0.182. The molecule has 2 heterocycles. The number of hydrogen-bond donors (Lipinski definition) is 1. The van der Waals surface area contributed by atoms with Gasteiger partial charge < -0.3 is 15.1 Å². The predicted octanol–water partition coefficient (Wildman–Crippen LogP) is 7.72. The van der Waals surface area contributed by atoms with Gasteiger partial charge in [-0.05, 0) is 50.1 Å². The number of allylic oxidation sites excluding steroid dienone is 1. The van der Waals surface area contributed by atoms with Crippen molar-refractivity contribution >= 4 is 34.3 Å². The van der Waals surface area contributed by atoms with Crippen molar-refractivity contribution in [2.45, 2.75) is 33.1 Å². The molecular weight excluding hydrogens is 476 g/mol. The van der Waals surface area contributed by atoms with Crippen molar-refractivity contribution in [3.63, 3.8) is 0 Å². The van der Waals surface area contributed by atoms with Crippen molar-refractivity contribution in [1.82, 2.24) is 20.1 Å². The normalized spacial score (nSPS) is 13.6. The smallest absolute Gasteiger partial charge is 0.0730 e. The summed E-state index contributed by atoms with van der Waals surface area (Å²) < 4.78 is 0. The first-order valence-electron chi connectivity index (χ1n) is 13.2. The van der Waals surface area contributed by atoms with Gasteiger partial charge in [-0.2, -0.15) is 0 Å². The van der Waals surface area contributed by atoms with Gasteiger partial charge in [-0.25, -0.2) is 4.98 Å². The minimum atomic E-state index is 0.701. The Kier molecular flexibility index (Phi) is 10.8. The van der Waals surface area contributed by atoms with Crippen LogP contribution in [-0.2, 0) is 0 Å². The van der Waals surface area contributed by atoms with E-state index >= 15 is 0 Å². The Morgan fingerprint density at radius 1 is 1.03 bits per heavy atom. The van der Waals surface area contributed by atoms with Gasteiger partial charge in [-0.1, -0.05) is 87.2 Å². The van der Waals surface area contributed by atoms with Crippen LogP contribution in [0.4, 0.5) is 0 Å². The number of pyridine rings is 1. The quantitative estimate of drug-likeness (QED) is 0.315. The van der Waals surface area contributed by atoms with E-state index < -0.39 is 0 Å². The second kappa shape index (κ2) is 14.0. The summed E-state index contributed by atoms with van der Waals surface area (Å²) in [6.07, 6.45) is 5.54. The third-order valence-electron chi connectivity index (χ3n) is 6.71. The lowest BCUT2D eigenvalue weighted by Crippen LogP contribution is -2.43. The first-order chi connectivity index (χ1) is 17.9. The number of halogens is 1. The van der Waals surface area contributed by atoms with E-state index in [-0.39, 0.29) is 0 Å². The number of nitrogens with one attached hydrogen (secondary N) is 1. The van der Waals surface area contributed by atoms with Crippen molar-refractivity contribution in [2.75, 3.05) is 39.8 Å². The Morgan fingerprint density at radius 3 is 2.35 bits per heavy atom. The molecule has 0 saturated carbocycles. The number of nitrogens with zero attached hydrogens (tertiary/aromatic N) is 3. The van der Waals surface area contributed by atoms with Crippen molar-refractivity contribution < 1.29 is 0 Å². The molecule has 1 saturated heterocycles. The highest BCUT2D eigenvalue weighted by Crippen LogP contribution is 2.29. The summed E-state index contributed by atoms with van der Waals surface area (Å²) in [5.41, 5.74) is 7.11. The molecule has 0 atom stereocenters. The molecule has 0 amide bonds. The number of fused-ring (bicyclic) bond motifs is 1. The summed E-state index contributed by atoms with van der Waals surface area (Å²) in [6, 6.07) is 16.0. The molecule has 4 nitrogen and oxygen atoms in total. The van der Waals surface area contributed by atoms with E-state index in [0.29, 0.717) is 5.02 Å². The topological polar surface area (TPSA) is 31.4 Å². The monoisotopic (exact) mass is 516 g/mol. The summed E-state index contributed by atoms with van der Waals surface area (Å²) in [7, 11) is 2.19. The van der Waals surface area contributed by atoms with E-state index in [1.165, 1.54) is 51.1 Å². The molecule has 1 N–H and O–H groups in total. The molecule has 5 heteroatoms. The van der Waals surface area contributed by atoms with Crippen LogP contribution in [0.25, 0.3) is 33.9 Å². The van der Waals surface area contributed by atoms with Gasteiger partial charge in [0.2, 0.25) is 0 Å². The molecule has 0 bridgehead atoms. The van der Waals surface area contributed by atoms with Crippen LogP contribution in [0.15, 0.2) is 74.0 Å². The minimum absolute atomic E-state index is 0.701. The van der Waals surface area contributed by atoms with Crippen LogP contribution in [0.3, 0.4) is 0 Å². The Labute approximate surface area is 228 Å². The fourth-order valence-corrected chi connectivity index (χ4v) is 4.56. The average Bonchev–Trinajstić information content (AvgIpc) is 2.92. The number of benzene rings is 2. The highest BCUT2D eigenvalue weighted by Gasteiger charge is 2.14. The maximum atomic E-state index is 6.44. The molecule has 2 aromatic carbocycles. The van der Waals surface area contributed by atoms with Crippen molar-refractivity contribution in [3.8, 4) is 11.3 Å².